The maximum absolute atomic E-state index is 12.9. The molecule has 202 valence electrons. The molecule has 2 aromatic heterocycles. The number of nitrogens with zero attached hydrogens (tertiary/aromatic N) is 5. The van der Waals surface area contributed by atoms with Crippen molar-refractivity contribution in [3.8, 4) is 16.9 Å². The second-order valence-corrected chi connectivity index (χ2v) is 10.2. The first-order valence-electron chi connectivity index (χ1n) is 13.1. The van der Waals surface area contributed by atoms with Crippen molar-refractivity contribution in [2.75, 3.05) is 24.6 Å². The average Bonchev–Trinajstić information content (AvgIpc) is 3.60. The number of fused-ring (bicyclic) bond motifs is 2. The molecule has 8 nitrogen and oxygen atoms in total. The lowest BCUT2D eigenvalue weighted by molar-refractivity contribution is -0.150. The number of imidazole rings is 1. The van der Waals surface area contributed by atoms with Crippen molar-refractivity contribution in [2.45, 2.75) is 39.8 Å². The van der Waals surface area contributed by atoms with E-state index in [2.05, 4.69) is 19.9 Å². The molecule has 10 heteroatoms. The molecule has 0 N–H and O–H groups in total. The Balaban J connectivity index is 1.25. The zero-order valence-corrected chi connectivity index (χ0v) is 21.8. The van der Waals surface area contributed by atoms with E-state index in [-0.39, 0.29) is 11.7 Å². The molecule has 1 aliphatic heterocycles. The molecule has 2 fully saturated rings. The van der Waals surface area contributed by atoms with Gasteiger partial charge in [-0.3, -0.25) is 4.79 Å². The smallest absolute Gasteiger partial charge is 0.387 e. The minimum Gasteiger partial charge on any atom is -0.466 e. The zero-order chi connectivity index (χ0) is 27.1. The number of ether oxygens (including phenoxy) is 2. The molecule has 39 heavy (non-hydrogen) atoms. The standard InChI is InChI=1S/C29H29F2N5O3/c1-3-38-26(37)29-13-22(29)10-11-35(17-29)28-32-14-21(15-33-28)19-8-9-23-24(12-19)36(18(2)34-23)16-20-6-4-5-7-25(20)39-27(30)31/h4-9,12,14-15,22,27H,3,10-11,13,16-17H2,1-2H3. The third-order valence-corrected chi connectivity index (χ3v) is 7.85. The summed E-state index contributed by atoms with van der Waals surface area (Å²) >= 11 is 0. The van der Waals surface area contributed by atoms with Crippen molar-refractivity contribution in [1.29, 1.82) is 0 Å². The molecule has 2 aliphatic rings. The van der Waals surface area contributed by atoms with Crippen molar-refractivity contribution in [3.63, 3.8) is 0 Å². The Morgan fingerprint density at radius 1 is 1.15 bits per heavy atom. The van der Waals surface area contributed by atoms with E-state index in [1.807, 2.05) is 36.6 Å². The van der Waals surface area contributed by atoms with Crippen molar-refractivity contribution in [1.82, 2.24) is 19.5 Å². The second-order valence-electron chi connectivity index (χ2n) is 10.2. The van der Waals surface area contributed by atoms with Gasteiger partial charge in [0.05, 0.1) is 29.6 Å². The summed E-state index contributed by atoms with van der Waals surface area (Å²) in [5.74, 6) is 1.79. The SMILES string of the molecule is CCOC(=O)C12CC1CCN(c1ncc(-c3ccc4nc(C)n(Cc5ccccc5OC(F)F)c4c3)cn1)C2. The van der Waals surface area contributed by atoms with Crippen LogP contribution in [0.4, 0.5) is 14.7 Å². The molecule has 0 bridgehead atoms. The topological polar surface area (TPSA) is 82.4 Å². The highest BCUT2D eigenvalue weighted by atomic mass is 19.3. The van der Waals surface area contributed by atoms with E-state index in [0.29, 0.717) is 37.1 Å². The van der Waals surface area contributed by atoms with Gasteiger partial charge in [0.15, 0.2) is 0 Å². The number of para-hydroxylation sites is 1. The summed E-state index contributed by atoms with van der Waals surface area (Å²) in [6, 6.07) is 12.7. The number of aryl methyl sites for hydroxylation is 1. The van der Waals surface area contributed by atoms with Crippen LogP contribution in [0.15, 0.2) is 54.9 Å². The zero-order valence-electron chi connectivity index (χ0n) is 21.8. The number of piperidine rings is 1. The van der Waals surface area contributed by atoms with E-state index in [9.17, 15) is 13.6 Å². The van der Waals surface area contributed by atoms with Crippen LogP contribution in [0.2, 0.25) is 0 Å². The Labute approximate surface area is 224 Å². The van der Waals surface area contributed by atoms with E-state index >= 15 is 0 Å². The highest BCUT2D eigenvalue weighted by molar-refractivity contribution is 5.83. The van der Waals surface area contributed by atoms with Gasteiger partial charge in [-0.15, -0.1) is 0 Å². The summed E-state index contributed by atoms with van der Waals surface area (Å²) in [4.78, 5) is 28.6. The lowest BCUT2D eigenvalue weighted by Crippen LogP contribution is -2.42. The number of hydrogen-bond donors (Lipinski definition) is 0. The number of carbonyl (C=O) groups excluding carboxylic acids is 1. The number of benzene rings is 2. The van der Waals surface area contributed by atoms with Crippen LogP contribution in [-0.4, -0.2) is 51.8 Å². The van der Waals surface area contributed by atoms with Crippen molar-refractivity contribution in [2.24, 2.45) is 11.3 Å². The number of aromatic nitrogens is 4. The van der Waals surface area contributed by atoms with Gasteiger partial charge < -0.3 is 18.9 Å². The molecule has 0 amide bonds. The fourth-order valence-corrected chi connectivity index (χ4v) is 5.72. The van der Waals surface area contributed by atoms with Gasteiger partial charge in [-0.1, -0.05) is 24.3 Å². The molecule has 4 aromatic rings. The van der Waals surface area contributed by atoms with Crippen LogP contribution in [-0.2, 0) is 16.1 Å². The highest BCUT2D eigenvalue weighted by Crippen LogP contribution is 2.58. The van der Waals surface area contributed by atoms with E-state index < -0.39 is 12.0 Å². The first-order valence-corrected chi connectivity index (χ1v) is 13.1. The molecule has 1 aliphatic carbocycles. The Hall–Kier alpha value is -4.08. The first-order chi connectivity index (χ1) is 18.9. The highest BCUT2D eigenvalue weighted by Gasteiger charge is 2.63. The Kier molecular flexibility index (Phi) is 6.40. The Morgan fingerprint density at radius 2 is 1.95 bits per heavy atom. The van der Waals surface area contributed by atoms with Gasteiger partial charge >= 0.3 is 12.6 Å². The van der Waals surface area contributed by atoms with Crippen LogP contribution < -0.4 is 9.64 Å². The van der Waals surface area contributed by atoms with Crippen molar-refractivity contribution in [3.05, 3.63) is 66.2 Å². The van der Waals surface area contributed by atoms with E-state index in [4.69, 9.17) is 9.47 Å². The van der Waals surface area contributed by atoms with Crippen LogP contribution in [0.5, 0.6) is 5.75 Å². The average molecular weight is 534 g/mol. The predicted octanol–water partition coefficient (Wildman–Crippen LogP) is 5.23. The summed E-state index contributed by atoms with van der Waals surface area (Å²) < 4.78 is 37.9. The maximum atomic E-state index is 12.9. The van der Waals surface area contributed by atoms with E-state index in [1.165, 1.54) is 0 Å². The molecular weight excluding hydrogens is 504 g/mol. The van der Waals surface area contributed by atoms with Crippen LogP contribution in [0.1, 0.15) is 31.2 Å². The van der Waals surface area contributed by atoms with Crippen molar-refractivity contribution >= 4 is 23.0 Å². The van der Waals surface area contributed by atoms with Gasteiger partial charge in [0, 0.05) is 36.6 Å². The number of esters is 1. The summed E-state index contributed by atoms with van der Waals surface area (Å²) in [6.07, 6.45) is 5.37. The predicted molar refractivity (Wildman–Crippen MR) is 142 cm³/mol. The number of carbonyl (C=O) groups is 1. The minimum atomic E-state index is -2.90. The molecule has 2 atom stereocenters. The maximum Gasteiger partial charge on any atom is 0.387 e. The summed E-state index contributed by atoms with van der Waals surface area (Å²) in [5.41, 5.74) is 3.64. The van der Waals surface area contributed by atoms with Crippen LogP contribution in [0.3, 0.4) is 0 Å². The van der Waals surface area contributed by atoms with Gasteiger partial charge in [-0.05, 0) is 56.4 Å². The van der Waals surface area contributed by atoms with Crippen molar-refractivity contribution < 1.29 is 23.0 Å². The summed E-state index contributed by atoms with van der Waals surface area (Å²) in [7, 11) is 0. The van der Waals surface area contributed by atoms with E-state index in [0.717, 1.165) is 47.4 Å². The van der Waals surface area contributed by atoms with Crippen LogP contribution in [0.25, 0.3) is 22.2 Å². The van der Waals surface area contributed by atoms with Gasteiger partial charge in [0.2, 0.25) is 5.95 Å². The first kappa shape index (κ1) is 25.2. The Morgan fingerprint density at radius 3 is 2.72 bits per heavy atom. The van der Waals surface area contributed by atoms with Crippen LogP contribution in [0, 0.1) is 18.3 Å². The number of rotatable bonds is 8. The quantitative estimate of drug-likeness (QED) is 0.287. The monoisotopic (exact) mass is 533 g/mol. The Bertz CT molecular complexity index is 1520. The third-order valence-electron chi connectivity index (χ3n) is 7.85. The number of halogens is 2. The molecule has 2 aromatic carbocycles. The second kappa shape index (κ2) is 9.91. The lowest BCUT2D eigenvalue weighted by Gasteiger charge is -2.31. The van der Waals surface area contributed by atoms with Gasteiger partial charge in [-0.25, -0.2) is 15.0 Å². The van der Waals surface area contributed by atoms with Gasteiger partial charge in [-0.2, -0.15) is 8.78 Å². The fourth-order valence-electron chi connectivity index (χ4n) is 5.72. The molecule has 1 saturated heterocycles. The number of hydrogen-bond acceptors (Lipinski definition) is 7. The lowest BCUT2D eigenvalue weighted by atomic mass is 9.97. The fraction of sp³-hybridized carbons (Fsp3) is 0.379. The normalized spacial score (nSPS) is 20.2. The summed E-state index contributed by atoms with van der Waals surface area (Å²) in [6.45, 7) is 2.94. The minimum absolute atomic E-state index is 0.111. The van der Waals surface area contributed by atoms with Gasteiger partial charge in [0.1, 0.15) is 11.6 Å². The molecule has 6 rings (SSSR count). The molecular formula is C29H29F2N5O3. The third kappa shape index (κ3) is 4.68. The number of anilines is 1. The largest absolute Gasteiger partial charge is 0.466 e. The molecule has 1 saturated carbocycles. The number of alkyl halides is 2. The van der Waals surface area contributed by atoms with Crippen LogP contribution >= 0.6 is 0 Å². The van der Waals surface area contributed by atoms with Gasteiger partial charge in [0.25, 0.3) is 0 Å². The molecule has 2 unspecified atom stereocenters. The molecule has 0 radical (unpaired) electrons. The molecule has 3 heterocycles. The molecule has 0 spiro atoms. The summed E-state index contributed by atoms with van der Waals surface area (Å²) in [5, 5.41) is 0. The van der Waals surface area contributed by atoms with E-state index in [1.54, 1.807) is 36.7 Å².